The Morgan fingerprint density at radius 1 is 1.27 bits per heavy atom. The monoisotopic (exact) mass is 381 g/mol. The molecule has 0 spiro atoms. The molecule has 0 aliphatic carbocycles. The van der Waals surface area contributed by atoms with E-state index in [9.17, 15) is 4.79 Å². The highest BCUT2D eigenvalue weighted by molar-refractivity contribution is 9.11. The van der Waals surface area contributed by atoms with Crippen LogP contribution in [0, 0.1) is 6.92 Å². The molecule has 0 N–H and O–H groups in total. The van der Waals surface area contributed by atoms with Crippen LogP contribution in [0.25, 0.3) is 0 Å². The summed E-state index contributed by atoms with van der Waals surface area (Å²) in [5, 5.41) is 0. The van der Waals surface area contributed by atoms with E-state index in [1.807, 2.05) is 50.4 Å². The number of carbonyl (C=O) groups is 1. The van der Waals surface area contributed by atoms with Crippen molar-refractivity contribution in [1.29, 1.82) is 0 Å². The third-order valence-corrected chi connectivity index (χ3v) is 4.94. The fraction of sp³-hybridized carbons (Fsp3) is 0.353. The van der Waals surface area contributed by atoms with Gasteiger partial charge in [-0.05, 0) is 53.0 Å². The summed E-state index contributed by atoms with van der Waals surface area (Å²) in [7, 11) is 1.85. The first-order valence-electron chi connectivity index (χ1n) is 7.23. The minimum Gasteiger partial charge on any atom is -0.493 e. The minimum atomic E-state index is 0.151. The number of para-hydroxylation sites is 1. The van der Waals surface area contributed by atoms with E-state index in [-0.39, 0.29) is 5.91 Å². The molecule has 0 atom stereocenters. The van der Waals surface area contributed by atoms with Gasteiger partial charge in [0, 0.05) is 18.3 Å². The normalized spacial score (nSPS) is 10.5. The summed E-state index contributed by atoms with van der Waals surface area (Å²) in [5.41, 5.74) is 1.12. The molecule has 0 saturated carbocycles. The van der Waals surface area contributed by atoms with Gasteiger partial charge in [0.05, 0.1) is 16.9 Å². The van der Waals surface area contributed by atoms with Gasteiger partial charge in [-0.3, -0.25) is 4.79 Å². The van der Waals surface area contributed by atoms with Gasteiger partial charge in [-0.25, -0.2) is 0 Å². The lowest BCUT2D eigenvalue weighted by Crippen LogP contribution is -2.25. The molecule has 5 heteroatoms. The fourth-order valence-electron chi connectivity index (χ4n) is 2.07. The minimum absolute atomic E-state index is 0.151. The van der Waals surface area contributed by atoms with Crippen molar-refractivity contribution in [3.63, 3.8) is 0 Å². The van der Waals surface area contributed by atoms with E-state index in [2.05, 4.69) is 15.9 Å². The molecule has 0 unspecified atom stereocenters. The number of hydrogen-bond donors (Lipinski definition) is 0. The summed E-state index contributed by atoms with van der Waals surface area (Å²) in [6, 6.07) is 12.0. The molecule has 0 aliphatic heterocycles. The van der Waals surface area contributed by atoms with Crippen LogP contribution in [0.3, 0.4) is 0 Å². The van der Waals surface area contributed by atoms with Gasteiger partial charge in [0.15, 0.2) is 0 Å². The van der Waals surface area contributed by atoms with E-state index < -0.39 is 0 Å². The quantitative estimate of drug-likeness (QED) is 0.653. The first kappa shape index (κ1) is 17.0. The van der Waals surface area contributed by atoms with E-state index in [1.165, 1.54) is 4.88 Å². The van der Waals surface area contributed by atoms with Gasteiger partial charge in [0.2, 0.25) is 5.91 Å². The molecule has 1 heterocycles. The number of ether oxygens (including phenoxy) is 1. The molecule has 0 aliphatic rings. The van der Waals surface area contributed by atoms with Crippen molar-refractivity contribution in [1.82, 2.24) is 4.90 Å². The topological polar surface area (TPSA) is 29.5 Å². The number of carbonyl (C=O) groups excluding carboxylic acids is 1. The van der Waals surface area contributed by atoms with E-state index in [1.54, 1.807) is 16.2 Å². The van der Waals surface area contributed by atoms with Crippen LogP contribution < -0.4 is 4.74 Å². The Hall–Kier alpha value is -1.33. The first-order chi connectivity index (χ1) is 10.6. The molecule has 1 amide bonds. The highest BCUT2D eigenvalue weighted by Gasteiger charge is 2.10. The lowest BCUT2D eigenvalue weighted by atomic mass is 10.2. The lowest BCUT2D eigenvalue weighted by molar-refractivity contribution is -0.130. The van der Waals surface area contributed by atoms with Gasteiger partial charge in [-0.2, -0.15) is 0 Å². The van der Waals surface area contributed by atoms with Crippen LogP contribution >= 0.6 is 27.3 Å². The third kappa shape index (κ3) is 5.14. The van der Waals surface area contributed by atoms with Gasteiger partial charge in [-0.1, -0.05) is 18.2 Å². The summed E-state index contributed by atoms with van der Waals surface area (Å²) in [6.45, 7) is 3.25. The fourth-order valence-corrected chi connectivity index (χ4v) is 3.61. The van der Waals surface area contributed by atoms with Crippen LogP contribution in [0.1, 0.15) is 23.3 Å². The van der Waals surface area contributed by atoms with Crippen LogP contribution in [-0.2, 0) is 11.3 Å². The van der Waals surface area contributed by atoms with E-state index >= 15 is 0 Å². The van der Waals surface area contributed by atoms with Crippen molar-refractivity contribution in [3.8, 4) is 5.75 Å². The molecule has 2 aromatic rings. The predicted molar refractivity (Wildman–Crippen MR) is 94.4 cm³/mol. The van der Waals surface area contributed by atoms with E-state index in [0.29, 0.717) is 19.6 Å². The van der Waals surface area contributed by atoms with E-state index in [0.717, 1.165) is 21.5 Å². The second-order valence-corrected chi connectivity index (χ2v) is 7.72. The maximum absolute atomic E-state index is 12.1. The molecule has 3 nitrogen and oxygen atoms in total. The zero-order valence-electron chi connectivity index (χ0n) is 12.8. The molecule has 0 fully saturated rings. The molecule has 1 aromatic carbocycles. The number of halogens is 1. The summed E-state index contributed by atoms with van der Waals surface area (Å²) in [6.07, 6.45) is 1.24. The van der Waals surface area contributed by atoms with Gasteiger partial charge >= 0.3 is 0 Å². The zero-order valence-corrected chi connectivity index (χ0v) is 15.2. The average Bonchev–Trinajstić information content (AvgIpc) is 2.90. The Bertz CT molecular complexity index is 627. The molecule has 0 saturated heterocycles. The number of hydrogen-bond acceptors (Lipinski definition) is 3. The second kappa shape index (κ2) is 8.34. The maximum Gasteiger partial charge on any atom is 0.222 e. The predicted octanol–water partition coefficient (Wildman–Crippen LogP) is 4.64. The highest BCUT2D eigenvalue weighted by atomic mass is 79.9. The number of nitrogens with zero attached hydrogens (tertiary/aromatic N) is 1. The SMILES string of the molecule is Cc1ccccc1OCCCC(=O)N(C)Cc1ccc(Br)s1. The third-order valence-electron chi connectivity index (χ3n) is 3.33. The number of thiophene rings is 1. The Morgan fingerprint density at radius 3 is 2.73 bits per heavy atom. The van der Waals surface area contributed by atoms with Crippen LogP contribution in [0.4, 0.5) is 0 Å². The summed E-state index contributed by atoms with van der Waals surface area (Å²) < 4.78 is 6.81. The van der Waals surface area contributed by atoms with Crippen molar-refractivity contribution < 1.29 is 9.53 Å². The number of benzene rings is 1. The van der Waals surface area contributed by atoms with Crippen LogP contribution in [0.2, 0.25) is 0 Å². The van der Waals surface area contributed by atoms with Gasteiger partial charge in [0.1, 0.15) is 5.75 Å². The maximum atomic E-state index is 12.1. The second-order valence-electron chi connectivity index (χ2n) is 5.17. The Morgan fingerprint density at radius 2 is 2.05 bits per heavy atom. The Balaban J connectivity index is 1.70. The van der Waals surface area contributed by atoms with Crippen LogP contribution in [0.15, 0.2) is 40.2 Å². The van der Waals surface area contributed by atoms with Crippen LogP contribution in [0.5, 0.6) is 5.75 Å². The van der Waals surface area contributed by atoms with Gasteiger partial charge in [0.25, 0.3) is 0 Å². The standard InChI is InChI=1S/C17H20BrNO2S/c1-13-6-3-4-7-15(13)21-11-5-8-17(20)19(2)12-14-9-10-16(18)22-14/h3-4,6-7,9-10H,5,8,11-12H2,1-2H3. The molecular weight excluding hydrogens is 362 g/mol. The smallest absolute Gasteiger partial charge is 0.222 e. The van der Waals surface area contributed by atoms with Crippen molar-refractivity contribution in [2.75, 3.05) is 13.7 Å². The summed E-state index contributed by atoms with van der Waals surface area (Å²) >= 11 is 5.10. The van der Waals surface area contributed by atoms with Crippen molar-refractivity contribution in [3.05, 3.63) is 50.6 Å². The highest BCUT2D eigenvalue weighted by Crippen LogP contribution is 2.23. The van der Waals surface area contributed by atoms with Gasteiger partial charge in [-0.15, -0.1) is 11.3 Å². The average molecular weight is 382 g/mol. The number of amides is 1. The molecule has 118 valence electrons. The van der Waals surface area contributed by atoms with Crippen molar-refractivity contribution in [2.45, 2.75) is 26.3 Å². The lowest BCUT2D eigenvalue weighted by Gasteiger charge is -2.16. The molecular formula is C17H20BrNO2S. The molecule has 0 radical (unpaired) electrons. The first-order valence-corrected chi connectivity index (χ1v) is 8.84. The summed E-state index contributed by atoms with van der Waals surface area (Å²) in [5.74, 6) is 1.05. The van der Waals surface area contributed by atoms with E-state index in [4.69, 9.17) is 4.74 Å². The Labute approximate surface area is 144 Å². The van der Waals surface area contributed by atoms with Crippen molar-refractivity contribution >= 4 is 33.2 Å². The van der Waals surface area contributed by atoms with Crippen molar-refractivity contribution in [2.24, 2.45) is 0 Å². The molecule has 22 heavy (non-hydrogen) atoms. The molecule has 0 bridgehead atoms. The molecule has 2 rings (SSSR count). The molecule has 1 aromatic heterocycles. The number of aryl methyl sites for hydroxylation is 1. The van der Waals surface area contributed by atoms with Gasteiger partial charge < -0.3 is 9.64 Å². The number of rotatable bonds is 7. The largest absolute Gasteiger partial charge is 0.493 e. The van der Waals surface area contributed by atoms with Crippen LogP contribution in [-0.4, -0.2) is 24.5 Å². The summed E-state index contributed by atoms with van der Waals surface area (Å²) in [4.78, 5) is 15.0. The Kier molecular flexibility index (Phi) is 6.46. The zero-order chi connectivity index (χ0) is 15.9.